The molecule has 0 bridgehead atoms. The Kier molecular flexibility index (Phi) is 4.60. The zero-order valence-electron chi connectivity index (χ0n) is 13.6. The summed E-state index contributed by atoms with van der Waals surface area (Å²) in [4.78, 5) is 13.7. The lowest BCUT2D eigenvalue weighted by atomic mass is 9.87. The molecule has 4 nitrogen and oxygen atoms in total. The highest BCUT2D eigenvalue weighted by Crippen LogP contribution is 2.54. The van der Waals surface area contributed by atoms with Gasteiger partial charge in [0.2, 0.25) is 0 Å². The van der Waals surface area contributed by atoms with Crippen molar-refractivity contribution in [2.45, 2.75) is 42.7 Å². The fourth-order valence-electron chi connectivity index (χ4n) is 3.22. The number of benzene rings is 1. The second-order valence-electron chi connectivity index (χ2n) is 6.38. The topological polar surface area (TPSA) is 65.1 Å². The molecule has 1 aliphatic heterocycles. The molecular weight excluding hydrogens is 404 g/mol. The average molecular weight is 416 g/mol. The van der Waals surface area contributed by atoms with Gasteiger partial charge in [-0.05, 0) is 11.6 Å². The summed E-state index contributed by atoms with van der Waals surface area (Å²) in [6.45, 7) is 0. The number of rotatable bonds is 5. The molecule has 0 saturated carbocycles. The summed E-state index contributed by atoms with van der Waals surface area (Å²) in [5.41, 5.74) is -0.582. The predicted molar refractivity (Wildman–Crippen MR) is 80.1 cm³/mol. The molecule has 1 aromatic heterocycles. The van der Waals surface area contributed by atoms with Crippen LogP contribution in [-0.2, 0) is 11.2 Å². The summed E-state index contributed by atoms with van der Waals surface area (Å²) in [5, 5.41) is 11.1. The van der Waals surface area contributed by atoms with Gasteiger partial charge in [-0.3, -0.25) is 10.1 Å². The summed E-state index contributed by atoms with van der Waals surface area (Å²) in [7, 11) is 0. The lowest BCUT2D eigenvalue weighted by Gasteiger charge is -2.40. The molecule has 0 saturated heterocycles. The lowest BCUT2D eigenvalue weighted by molar-refractivity contribution is -0.346. The van der Waals surface area contributed by atoms with E-state index >= 15 is 0 Å². The Balaban J connectivity index is 2.19. The second-order valence-corrected chi connectivity index (χ2v) is 6.38. The first-order chi connectivity index (χ1) is 12.8. The number of H-pyrrole nitrogens is 1. The number of carbonyl (C=O) groups is 1. The van der Waals surface area contributed by atoms with Crippen LogP contribution in [0.4, 0.5) is 35.1 Å². The van der Waals surface area contributed by atoms with Crippen LogP contribution in [0.2, 0.25) is 0 Å². The second kappa shape index (κ2) is 6.33. The Hall–Kier alpha value is -2.37. The van der Waals surface area contributed by atoms with E-state index < -0.39 is 54.4 Å². The monoisotopic (exact) mass is 416 g/mol. The van der Waals surface area contributed by atoms with E-state index in [-0.39, 0.29) is 16.5 Å². The van der Waals surface area contributed by atoms with Crippen molar-refractivity contribution in [3.8, 4) is 0 Å². The Labute approximate surface area is 151 Å². The van der Waals surface area contributed by atoms with Crippen molar-refractivity contribution in [1.82, 2.24) is 10.3 Å². The highest BCUT2D eigenvalue weighted by molar-refractivity contribution is 5.86. The van der Waals surface area contributed by atoms with Crippen LogP contribution in [0, 0.1) is 0 Å². The van der Waals surface area contributed by atoms with E-state index in [2.05, 4.69) is 4.98 Å². The number of aromatic nitrogens is 1. The van der Waals surface area contributed by atoms with E-state index in [0.717, 1.165) is 0 Å². The van der Waals surface area contributed by atoms with Gasteiger partial charge in [0.05, 0.1) is 0 Å². The van der Waals surface area contributed by atoms with Crippen LogP contribution in [-0.4, -0.2) is 46.3 Å². The molecule has 2 atom stereocenters. The van der Waals surface area contributed by atoms with Gasteiger partial charge in [-0.1, -0.05) is 18.2 Å². The van der Waals surface area contributed by atoms with Crippen molar-refractivity contribution in [3.63, 3.8) is 0 Å². The summed E-state index contributed by atoms with van der Waals surface area (Å²) in [5.74, 6) is -20.3. The molecule has 0 spiro atoms. The number of alkyl halides is 8. The first-order valence-electron chi connectivity index (χ1n) is 7.82. The van der Waals surface area contributed by atoms with Crippen LogP contribution in [0.25, 0.3) is 10.9 Å². The number of carboxylic acid groups (broad SMARTS) is 1. The van der Waals surface area contributed by atoms with Crippen LogP contribution >= 0.6 is 0 Å². The summed E-state index contributed by atoms with van der Waals surface area (Å²) in [6.07, 6.45) is -5.47. The number of nitrogens with one attached hydrogen (secondary N) is 2. The van der Waals surface area contributed by atoms with Crippen LogP contribution in [0.5, 0.6) is 0 Å². The van der Waals surface area contributed by atoms with Gasteiger partial charge in [0.25, 0.3) is 0 Å². The molecule has 0 aliphatic carbocycles. The van der Waals surface area contributed by atoms with Crippen molar-refractivity contribution in [1.29, 1.82) is 0 Å². The van der Waals surface area contributed by atoms with Gasteiger partial charge in [-0.2, -0.15) is 26.3 Å². The van der Waals surface area contributed by atoms with E-state index in [1.54, 1.807) is 5.32 Å². The molecule has 0 radical (unpaired) electrons. The lowest BCUT2D eigenvalue weighted by Crippen LogP contribution is -2.63. The Morgan fingerprint density at radius 1 is 1.11 bits per heavy atom. The molecule has 0 unspecified atom stereocenters. The molecule has 0 fully saturated rings. The number of carboxylic acids is 1. The van der Waals surface area contributed by atoms with Gasteiger partial charge in [-0.15, -0.1) is 0 Å². The highest BCUT2D eigenvalue weighted by Gasteiger charge is 2.78. The largest absolute Gasteiger partial charge is 0.480 e. The minimum atomic E-state index is -6.47. The van der Waals surface area contributed by atoms with Crippen molar-refractivity contribution in [2.75, 3.05) is 0 Å². The van der Waals surface area contributed by atoms with Gasteiger partial charge >= 0.3 is 30.2 Å². The standard InChI is InChI=1S/C16H12F8N2O2/c17-13(18)15(21,22)16(23,24)14(19,20)11-10-7(5-9(26-11)12(27)28)6-3-1-2-4-8(6)25-10/h1-4,9,11,13,25-26H,5H2,(H,27,28)/t9-,11-/m1/s1. The Bertz CT molecular complexity index is 911. The SMILES string of the molecule is O=C(O)[C@H]1Cc2c([nH]c3ccccc23)[C@H](C(F)(F)C(F)(F)C(F)(F)C(F)F)N1. The van der Waals surface area contributed by atoms with E-state index in [9.17, 15) is 39.9 Å². The van der Waals surface area contributed by atoms with Crippen molar-refractivity contribution in [2.24, 2.45) is 0 Å². The molecule has 1 aliphatic rings. The fourth-order valence-corrected chi connectivity index (χ4v) is 3.22. The smallest absolute Gasteiger partial charge is 0.379 e. The van der Waals surface area contributed by atoms with E-state index in [4.69, 9.17) is 5.11 Å². The van der Waals surface area contributed by atoms with Crippen molar-refractivity contribution in [3.05, 3.63) is 35.5 Å². The summed E-state index contributed by atoms with van der Waals surface area (Å²) < 4.78 is 108. The van der Waals surface area contributed by atoms with Crippen LogP contribution in [0.3, 0.4) is 0 Å². The van der Waals surface area contributed by atoms with Gasteiger partial charge in [0.15, 0.2) is 0 Å². The normalized spacial score (nSPS) is 21.2. The summed E-state index contributed by atoms with van der Waals surface area (Å²) in [6, 6.07) is 0.934. The molecule has 0 amide bonds. The minimum Gasteiger partial charge on any atom is -0.480 e. The van der Waals surface area contributed by atoms with E-state index in [0.29, 0.717) is 0 Å². The number of hydrogen-bond acceptors (Lipinski definition) is 2. The third kappa shape index (κ3) is 2.73. The molecule has 3 N–H and O–H groups in total. The molecule has 3 rings (SSSR count). The zero-order chi connectivity index (χ0) is 21.1. The third-order valence-corrected chi connectivity index (χ3v) is 4.68. The maximum absolute atomic E-state index is 14.5. The number of hydrogen-bond donors (Lipinski definition) is 3. The highest BCUT2D eigenvalue weighted by atomic mass is 19.4. The molecule has 154 valence electrons. The number of fused-ring (bicyclic) bond motifs is 3. The van der Waals surface area contributed by atoms with Gasteiger partial charge in [-0.25, -0.2) is 8.78 Å². The van der Waals surface area contributed by atoms with Crippen LogP contribution < -0.4 is 5.32 Å². The van der Waals surface area contributed by atoms with E-state index in [1.807, 2.05) is 0 Å². The first kappa shape index (κ1) is 20.4. The minimum absolute atomic E-state index is 0.0948. The Morgan fingerprint density at radius 2 is 1.71 bits per heavy atom. The maximum atomic E-state index is 14.5. The third-order valence-electron chi connectivity index (χ3n) is 4.68. The number of para-hydroxylation sites is 1. The maximum Gasteiger partial charge on any atom is 0.379 e. The molecule has 1 aromatic carbocycles. The molecule has 2 aromatic rings. The van der Waals surface area contributed by atoms with Gasteiger partial charge in [0, 0.05) is 23.0 Å². The predicted octanol–water partition coefficient (Wildman–Crippen LogP) is 3.98. The van der Waals surface area contributed by atoms with Crippen molar-refractivity contribution >= 4 is 16.9 Å². The molecular formula is C16H12F8N2O2. The molecule has 2 heterocycles. The quantitative estimate of drug-likeness (QED) is 0.647. The van der Waals surface area contributed by atoms with Gasteiger partial charge < -0.3 is 10.1 Å². The zero-order valence-corrected chi connectivity index (χ0v) is 13.6. The average Bonchev–Trinajstić information content (AvgIpc) is 2.98. The number of halogens is 8. The molecule has 28 heavy (non-hydrogen) atoms. The van der Waals surface area contributed by atoms with Crippen LogP contribution in [0.15, 0.2) is 24.3 Å². The van der Waals surface area contributed by atoms with Crippen LogP contribution in [0.1, 0.15) is 17.3 Å². The fraction of sp³-hybridized carbons (Fsp3) is 0.438. The number of aromatic amines is 1. The van der Waals surface area contributed by atoms with Gasteiger partial charge in [0.1, 0.15) is 12.1 Å². The first-order valence-corrected chi connectivity index (χ1v) is 7.82. The molecule has 12 heteroatoms. The summed E-state index contributed by atoms with van der Waals surface area (Å²) >= 11 is 0. The number of aliphatic carboxylic acids is 1. The van der Waals surface area contributed by atoms with Crippen molar-refractivity contribution < 1.29 is 45.0 Å². The Morgan fingerprint density at radius 3 is 2.29 bits per heavy atom. The van der Waals surface area contributed by atoms with E-state index in [1.165, 1.54) is 24.3 Å².